The summed E-state index contributed by atoms with van der Waals surface area (Å²) in [7, 11) is 0. The third-order valence-corrected chi connectivity index (χ3v) is 1.74. The molecule has 0 aromatic carbocycles. The molecule has 1 nitrogen and oxygen atoms in total. The maximum atomic E-state index is 12.6. The van der Waals surface area contributed by atoms with Gasteiger partial charge in [0.2, 0.25) is 0 Å². The Morgan fingerprint density at radius 1 is 1.56 bits per heavy atom. The van der Waals surface area contributed by atoms with Gasteiger partial charge < -0.3 is 5.32 Å². The van der Waals surface area contributed by atoms with Gasteiger partial charge in [-0.25, -0.2) is 4.39 Å². The minimum atomic E-state index is -0.631. The molecule has 1 heterocycles. The van der Waals surface area contributed by atoms with Gasteiger partial charge in [0.15, 0.2) is 0 Å². The monoisotopic (exact) mass is 131 g/mol. The Balaban J connectivity index is 2.41. The van der Waals surface area contributed by atoms with Crippen LogP contribution in [0.3, 0.4) is 0 Å². The predicted molar refractivity (Wildman–Crippen MR) is 36.2 cm³/mol. The van der Waals surface area contributed by atoms with Crippen molar-refractivity contribution in [3.63, 3.8) is 0 Å². The maximum absolute atomic E-state index is 12.6. The Kier molecular flexibility index (Phi) is 1.75. The van der Waals surface area contributed by atoms with Gasteiger partial charge in [0, 0.05) is 13.1 Å². The van der Waals surface area contributed by atoms with Crippen molar-refractivity contribution in [2.24, 2.45) is 5.41 Å². The van der Waals surface area contributed by atoms with E-state index in [1.54, 1.807) is 0 Å². The van der Waals surface area contributed by atoms with Gasteiger partial charge in [-0.05, 0) is 11.8 Å². The van der Waals surface area contributed by atoms with Gasteiger partial charge in [-0.3, -0.25) is 0 Å². The van der Waals surface area contributed by atoms with Crippen LogP contribution < -0.4 is 5.32 Å². The van der Waals surface area contributed by atoms with Crippen LogP contribution in [0.4, 0.5) is 4.39 Å². The van der Waals surface area contributed by atoms with Crippen molar-refractivity contribution >= 4 is 0 Å². The molecule has 1 unspecified atom stereocenters. The van der Waals surface area contributed by atoms with Crippen molar-refractivity contribution < 1.29 is 4.39 Å². The second-order valence-electron chi connectivity index (χ2n) is 3.60. The van der Waals surface area contributed by atoms with E-state index in [0.29, 0.717) is 13.0 Å². The number of rotatable bonds is 0. The van der Waals surface area contributed by atoms with Gasteiger partial charge in [-0.2, -0.15) is 0 Å². The van der Waals surface area contributed by atoms with Crippen LogP contribution in [0, 0.1) is 5.41 Å². The molecule has 1 atom stereocenters. The molecule has 0 amide bonds. The van der Waals surface area contributed by atoms with E-state index < -0.39 is 6.17 Å². The normalized spacial score (nSPS) is 34.3. The van der Waals surface area contributed by atoms with E-state index in [1.807, 2.05) is 0 Å². The molecule has 1 fully saturated rings. The molecule has 1 saturated heterocycles. The summed E-state index contributed by atoms with van der Waals surface area (Å²) in [6.45, 7) is 5.67. The first kappa shape index (κ1) is 7.00. The lowest BCUT2D eigenvalue weighted by molar-refractivity contribution is 0.156. The van der Waals surface area contributed by atoms with Crippen molar-refractivity contribution in [1.29, 1.82) is 0 Å². The van der Waals surface area contributed by atoms with Gasteiger partial charge >= 0.3 is 0 Å². The van der Waals surface area contributed by atoms with Gasteiger partial charge in [0.1, 0.15) is 6.17 Å². The molecule has 0 aromatic heterocycles. The zero-order chi connectivity index (χ0) is 6.91. The second kappa shape index (κ2) is 2.25. The molecule has 0 radical (unpaired) electrons. The van der Waals surface area contributed by atoms with Crippen LogP contribution in [0.1, 0.15) is 20.3 Å². The third-order valence-electron chi connectivity index (χ3n) is 1.74. The highest BCUT2D eigenvalue weighted by Gasteiger charge is 2.26. The van der Waals surface area contributed by atoms with E-state index in [9.17, 15) is 4.39 Å². The van der Waals surface area contributed by atoms with Gasteiger partial charge in [0.25, 0.3) is 0 Å². The smallest absolute Gasteiger partial charge is 0.113 e. The Hall–Kier alpha value is -0.110. The Morgan fingerprint density at radius 3 is 2.56 bits per heavy atom. The summed E-state index contributed by atoms with van der Waals surface area (Å²) < 4.78 is 12.6. The molecule has 0 aromatic rings. The molecule has 0 saturated carbocycles. The molecule has 0 aliphatic carbocycles. The minimum absolute atomic E-state index is 0.164. The molecule has 54 valence electrons. The number of piperidine rings is 1. The average Bonchev–Trinajstić information content (AvgIpc) is 1.60. The van der Waals surface area contributed by atoms with Gasteiger partial charge in [-0.1, -0.05) is 13.8 Å². The molecule has 0 bridgehead atoms. The molecule has 2 heteroatoms. The van der Waals surface area contributed by atoms with E-state index in [1.165, 1.54) is 0 Å². The lowest BCUT2D eigenvalue weighted by Gasteiger charge is -2.32. The van der Waals surface area contributed by atoms with Crippen molar-refractivity contribution in [3.8, 4) is 0 Å². The summed E-state index contributed by atoms with van der Waals surface area (Å²) in [6, 6.07) is 0. The molecule has 1 aliphatic rings. The third kappa shape index (κ3) is 1.94. The molecule has 1 aliphatic heterocycles. The Bertz CT molecular complexity index is 101. The van der Waals surface area contributed by atoms with Gasteiger partial charge in [0.05, 0.1) is 0 Å². The lowest BCUT2D eigenvalue weighted by Crippen LogP contribution is -2.42. The summed E-state index contributed by atoms with van der Waals surface area (Å²) in [4.78, 5) is 0. The van der Waals surface area contributed by atoms with E-state index >= 15 is 0 Å². The van der Waals surface area contributed by atoms with E-state index in [2.05, 4.69) is 19.2 Å². The van der Waals surface area contributed by atoms with Crippen molar-refractivity contribution in [3.05, 3.63) is 0 Å². The first-order valence-corrected chi connectivity index (χ1v) is 3.45. The SMILES string of the molecule is CC1(C)CNCC(F)C1. The van der Waals surface area contributed by atoms with Crippen molar-refractivity contribution in [2.75, 3.05) is 13.1 Å². The van der Waals surface area contributed by atoms with Crippen LogP contribution >= 0.6 is 0 Å². The molecule has 1 N–H and O–H groups in total. The number of hydrogen-bond acceptors (Lipinski definition) is 1. The Labute approximate surface area is 55.6 Å². The number of halogens is 1. The number of hydrogen-bond donors (Lipinski definition) is 1. The van der Waals surface area contributed by atoms with Crippen molar-refractivity contribution in [1.82, 2.24) is 5.32 Å². The molecular weight excluding hydrogens is 117 g/mol. The van der Waals surface area contributed by atoms with Crippen LogP contribution in [-0.4, -0.2) is 19.3 Å². The highest BCUT2D eigenvalue weighted by Crippen LogP contribution is 2.25. The van der Waals surface area contributed by atoms with Crippen molar-refractivity contribution in [2.45, 2.75) is 26.4 Å². The first-order chi connectivity index (χ1) is 4.10. The first-order valence-electron chi connectivity index (χ1n) is 3.45. The number of nitrogens with one attached hydrogen (secondary N) is 1. The van der Waals surface area contributed by atoms with Crippen LogP contribution in [0.25, 0.3) is 0 Å². The van der Waals surface area contributed by atoms with Crippen LogP contribution in [0.5, 0.6) is 0 Å². The number of alkyl halides is 1. The highest BCUT2D eigenvalue weighted by molar-refractivity contribution is 4.81. The zero-order valence-corrected chi connectivity index (χ0v) is 6.08. The lowest BCUT2D eigenvalue weighted by atomic mass is 9.84. The summed E-state index contributed by atoms with van der Waals surface area (Å²) in [5, 5.41) is 3.05. The second-order valence-corrected chi connectivity index (χ2v) is 3.60. The maximum Gasteiger partial charge on any atom is 0.113 e. The van der Waals surface area contributed by atoms with E-state index in [0.717, 1.165) is 6.54 Å². The zero-order valence-electron chi connectivity index (χ0n) is 6.08. The quantitative estimate of drug-likeness (QED) is 0.523. The molecular formula is C7H14FN. The van der Waals surface area contributed by atoms with E-state index in [-0.39, 0.29) is 5.41 Å². The summed E-state index contributed by atoms with van der Waals surface area (Å²) in [6.07, 6.45) is 0.0775. The fourth-order valence-corrected chi connectivity index (χ4v) is 1.31. The van der Waals surface area contributed by atoms with Crippen LogP contribution in [-0.2, 0) is 0 Å². The summed E-state index contributed by atoms with van der Waals surface area (Å²) in [5.74, 6) is 0. The molecule has 1 rings (SSSR count). The molecule has 0 spiro atoms. The topological polar surface area (TPSA) is 12.0 Å². The predicted octanol–water partition coefficient (Wildman–Crippen LogP) is 1.34. The van der Waals surface area contributed by atoms with Crippen LogP contribution in [0.15, 0.2) is 0 Å². The van der Waals surface area contributed by atoms with Crippen LogP contribution in [0.2, 0.25) is 0 Å². The largest absolute Gasteiger partial charge is 0.313 e. The Morgan fingerprint density at radius 2 is 2.22 bits per heavy atom. The standard InChI is InChI=1S/C7H14FN/c1-7(2)3-6(8)4-9-5-7/h6,9H,3-5H2,1-2H3. The fraction of sp³-hybridized carbons (Fsp3) is 1.00. The summed E-state index contributed by atoms with van der Waals surface area (Å²) in [5.41, 5.74) is 0.164. The van der Waals surface area contributed by atoms with E-state index in [4.69, 9.17) is 0 Å². The van der Waals surface area contributed by atoms with Gasteiger partial charge in [-0.15, -0.1) is 0 Å². The average molecular weight is 131 g/mol. The summed E-state index contributed by atoms with van der Waals surface area (Å²) >= 11 is 0. The fourth-order valence-electron chi connectivity index (χ4n) is 1.31. The molecule has 9 heavy (non-hydrogen) atoms. The minimum Gasteiger partial charge on any atom is -0.313 e. The highest BCUT2D eigenvalue weighted by atomic mass is 19.1.